The second-order valence-corrected chi connectivity index (χ2v) is 7.30. The topological polar surface area (TPSA) is 77.2 Å². The molecule has 0 aliphatic rings. The molecule has 0 atom stereocenters. The zero-order valence-corrected chi connectivity index (χ0v) is 16.3. The molecule has 0 fully saturated rings. The fourth-order valence-corrected chi connectivity index (χ4v) is 3.49. The van der Waals surface area contributed by atoms with Gasteiger partial charge in [-0.15, -0.1) is 11.8 Å². The summed E-state index contributed by atoms with van der Waals surface area (Å²) < 4.78 is 5.26. The van der Waals surface area contributed by atoms with Gasteiger partial charge in [0.1, 0.15) is 5.75 Å². The predicted molar refractivity (Wildman–Crippen MR) is 105 cm³/mol. The highest BCUT2D eigenvalue weighted by molar-refractivity contribution is 7.98. The van der Waals surface area contributed by atoms with E-state index in [1.165, 1.54) is 5.56 Å². The molecule has 0 saturated carbocycles. The monoisotopic (exact) mass is 383 g/mol. The molecule has 0 aliphatic heterocycles. The molecule has 3 rings (SSSR count). The van der Waals surface area contributed by atoms with Crippen molar-refractivity contribution in [3.8, 4) is 11.4 Å². The lowest BCUT2D eigenvalue weighted by Gasteiger charge is -2.08. The Hall–Kier alpha value is -2.80. The molecule has 2 aromatic carbocycles. The van der Waals surface area contributed by atoms with Gasteiger partial charge in [0.25, 0.3) is 0 Å². The van der Waals surface area contributed by atoms with Crippen molar-refractivity contribution in [2.24, 2.45) is 0 Å². The summed E-state index contributed by atoms with van der Waals surface area (Å²) in [6.07, 6.45) is 0. The summed E-state index contributed by atoms with van der Waals surface area (Å²) in [7, 11) is 0. The number of ether oxygens (including phenoxy) is 1. The number of carbonyl (C=O) groups is 1. The Kier molecular flexibility index (Phi) is 5.81. The Morgan fingerprint density at radius 2 is 1.85 bits per heavy atom. The number of nitrogens with zero attached hydrogens (tertiary/aromatic N) is 3. The van der Waals surface area contributed by atoms with E-state index in [1.807, 2.05) is 57.2 Å². The van der Waals surface area contributed by atoms with Crippen molar-refractivity contribution in [3.63, 3.8) is 0 Å². The van der Waals surface area contributed by atoms with Crippen molar-refractivity contribution < 1.29 is 14.6 Å². The normalized spacial score (nSPS) is 10.8. The maximum atomic E-state index is 10.6. The van der Waals surface area contributed by atoms with E-state index in [4.69, 9.17) is 9.84 Å². The van der Waals surface area contributed by atoms with Crippen LogP contribution in [-0.4, -0.2) is 32.7 Å². The van der Waals surface area contributed by atoms with Crippen LogP contribution in [0.1, 0.15) is 22.5 Å². The molecule has 7 heteroatoms. The molecule has 6 nitrogen and oxygen atoms in total. The van der Waals surface area contributed by atoms with Crippen LogP contribution in [0.5, 0.6) is 5.75 Å². The quantitative estimate of drug-likeness (QED) is 0.623. The zero-order chi connectivity index (χ0) is 19.4. The van der Waals surface area contributed by atoms with Crippen LogP contribution in [0.25, 0.3) is 5.69 Å². The Balaban J connectivity index is 1.67. The molecule has 0 unspecified atom stereocenters. The summed E-state index contributed by atoms with van der Waals surface area (Å²) in [5.41, 5.74) is 4.88. The Morgan fingerprint density at radius 1 is 1.11 bits per heavy atom. The molecule has 0 spiro atoms. The first-order valence-electron chi connectivity index (χ1n) is 8.50. The van der Waals surface area contributed by atoms with Crippen LogP contribution in [-0.2, 0) is 10.5 Å². The van der Waals surface area contributed by atoms with Crippen LogP contribution < -0.4 is 4.74 Å². The van der Waals surface area contributed by atoms with E-state index in [0.29, 0.717) is 11.5 Å². The first-order valence-corrected chi connectivity index (χ1v) is 9.49. The van der Waals surface area contributed by atoms with Gasteiger partial charge in [0.05, 0.1) is 17.1 Å². The number of benzene rings is 2. The summed E-state index contributed by atoms with van der Waals surface area (Å²) in [5, 5.41) is 17.8. The number of aliphatic carboxylic acids is 1. The fourth-order valence-electron chi connectivity index (χ4n) is 2.50. The molecule has 1 aromatic heterocycles. The van der Waals surface area contributed by atoms with Gasteiger partial charge in [-0.3, -0.25) is 0 Å². The van der Waals surface area contributed by atoms with Gasteiger partial charge in [0.2, 0.25) is 0 Å². The number of hydrogen-bond acceptors (Lipinski definition) is 5. The van der Waals surface area contributed by atoms with Crippen LogP contribution in [0.3, 0.4) is 0 Å². The van der Waals surface area contributed by atoms with E-state index in [1.54, 1.807) is 22.6 Å². The average molecular weight is 383 g/mol. The minimum absolute atomic E-state index is 0.339. The van der Waals surface area contributed by atoms with Crippen molar-refractivity contribution in [1.29, 1.82) is 0 Å². The standard InChI is InChI=1S/C20H21N3O3S/c1-13-4-6-16(7-5-13)23-21-15(3)18(22-23)12-27-17-8-9-19(14(2)10-17)26-11-20(24)25/h4-10H,11-12H2,1-3H3,(H,24,25). The second kappa shape index (κ2) is 8.26. The Bertz CT molecular complexity index is 952. The highest BCUT2D eigenvalue weighted by atomic mass is 32.2. The van der Waals surface area contributed by atoms with Gasteiger partial charge in [-0.1, -0.05) is 17.7 Å². The SMILES string of the molecule is Cc1ccc(-n2nc(C)c(CSc3ccc(OCC(=O)O)c(C)c3)n2)cc1. The summed E-state index contributed by atoms with van der Waals surface area (Å²) in [4.78, 5) is 13.4. The lowest BCUT2D eigenvalue weighted by atomic mass is 10.2. The van der Waals surface area contributed by atoms with Gasteiger partial charge in [0, 0.05) is 10.6 Å². The summed E-state index contributed by atoms with van der Waals surface area (Å²) in [6, 6.07) is 13.8. The number of carboxylic acids is 1. The largest absolute Gasteiger partial charge is 0.482 e. The van der Waals surface area contributed by atoms with Gasteiger partial charge in [-0.25, -0.2) is 4.79 Å². The van der Waals surface area contributed by atoms with E-state index in [9.17, 15) is 4.79 Å². The number of carboxylic acid groups (broad SMARTS) is 1. The number of hydrogen-bond donors (Lipinski definition) is 1. The zero-order valence-electron chi connectivity index (χ0n) is 15.5. The third-order valence-electron chi connectivity index (χ3n) is 4.02. The Morgan fingerprint density at radius 3 is 2.52 bits per heavy atom. The van der Waals surface area contributed by atoms with Crippen LogP contribution >= 0.6 is 11.8 Å². The minimum atomic E-state index is -0.986. The van der Waals surface area contributed by atoms with E-state index >= 15 is 0 Å². The third-order valence-corrected chi connectivity index (χ3v) is 5.02. The molecule has 3 aromatic rings. The molecular formula is C20H21N3O3S. The molecule has 0 amide bonds. The average Bonchev–Trinajstić information content (AvgIpc) is 3.00. The van der Waals surface area contributed by atoms with Gasteiger partial charge < -0.3 is 9.84 Å². The number of aromatic nitrogens is 3. The van der Waals surface area contributed by atoms with Crippen LogP contribution in [0.2, 0.25) is 0 Å². The molecule has 0 radical (unpaired) electrons. The summed E-state index contributed by atoms with van der Waals surface area (Å²) in [5.74, 6) is 0.301. The van der Waals surface area contributed by atoms with Gasteiger partial charge in [-0.2, -0.15) is 15.0 Å². The fraction of sp³-hybridized carbons (Fsp3) is 0.250. The molecule has 1 heterocycles. The lowest BCUT2D eigenvalue weighted by Crippen LogP contribution is -2.09. The third kappa shape index (κ3) is 4.89. The van der Waals surface area contributed by atoms with E-state index in [2.05, 4.69) is 10.2 Å². The molecule has 0 saturated heterocycles. The van der Waals surface area contributed by atoms with Crippen molar-refractivity contribution in [3.05, 3.63) is 65.0 Å². The first-order chi connectivity index (χ1) is 12.9. The molecule has 0 bridgehead atoms. The van der Waals surface area contributed by atoms with Gasteiger partial charge in [-0.05, 0) is 56.7 Å². The molecule has 1 N–H and O–H groups in total. The number of thioether (sulfide) groups is 1. The maximum absolute atomic E-state index is 10.6. The van der Waals surface area contributed by atoms with E-state index in [0.717, 1.165) is 27.5 Å². The van der Waals surface area contributed by atoms with Crippen molar-refractivity contribution in [1.82, 2.24) is 15.0 Å². The van der Waals surface area contributed by atoms with Crippen LogP contribution in [0.15, 0.2) is 47.4 Å². The van der Waals surface area contributed by atoms with Crippen LogP contribution in [0, 0.1) is 20.8 Å². The smallest absolute Gasteiger partial charge is 0.341 e. The highest BCUT2D eigenvalue weighted by Crippen LogP contribution is 2.28. The van der Waals surface area contributed by atoms with Crippen molar-refractivity contribution in [2.75, 3.05) is 6.61 Å². The molecule has 140 valence electrons. The van der Waals surface area contributed by atoms with Crippen molar-refractivity contribution >= 4 is 17.7 Å². The predicted octanol–water partition coefficient (Wildman–Crippen LogP) is 3.95. The summed E-state index contributed by atoms with van der Waals surface area (Å²) >= 11 is 1.66. The summed E-state index contributed by atoms with van der Waals surface area (Å²) in [6.45, 7) is 5.57. The first kappa shape index (κ1) is 19.0. The highest BCUT2D eigenvalue weighted by Gasteiger charge is 2.10. The van der Waals surface area contributed by atoms with Gasteiger partial charge >= 0.3 is 5.97 Å². The van der Waals surface area contributed by atoms with Crippen LogP contribution in [0.4, 0.5) is 0 Å². The number of rotatable bonds is 7. The van der Waals surface area contributed by atoms with E-state index in [-0.39, 0.29) is 6.61 Å². The lowest BCUT2D eigenvalue weighted by molar-refractivity contribution is -0.139. The minimum Gasteiger partial charge on any atom is -0.482 e. The maximum Gasteiger partial charge on any atom is 0.341 e. The number of aryl methyl sites for hydroxylation is 3. The Labute approximate surface area is 162 Å². The molecule has 27 heavy (non-hydrogen) atoms. The van der Waals surface area contributed by atoms with E-state index < -0.39 is 5.97 Å². The van der Waals surface area contributed by atoms with Gasteiger partial charge in [0.15, 0.2) is 6.61 Å². The van der Waals surface area contributed by atoms with Crippen molar-refractivity contribution in [2.45, 2.75) is 31.4 Å². The second-order valence-electron chi connectivity index (χ2n) is 6.26. The molecular weight excluding hydrogens is 362 g/mol. The molecule has 0 aliphatic carbocycles.